The average Bonchev–Trinajstić information content (AvgIpc) is 2.32. The lowest BCUT2D eigenvalue weighted by Gasteiger charge is -2.25. The van der Waals surface area contributed by atoms with Crippen LogP contribution in [0.4, 0.5) is 5.82 Å². The van der Waals surface area contributed by atoms with Gasteiger partial charge in [0.25, 0.3) is 0 Å². The number of anilines is 1. The van der Waals surface area contributed by atoms with Crippen molar-refractivity contribution in [2.24, 2.45) is 0 Å². The van der Waals surface area contributed by atoms with Gasteiger partial charge in [-0.3, -0.25) is 0 Å². The zero-order valence-corrected chi connectivity index (χ0v) is 13.6. The minimum absolute atomic E-state index is 0.0248. The average molecular weight is 359 g/mol. The van der Waals surface area contributed by atoms with Crippen LogP contribution in [0, 0.1) is 3.57 Å². The van der Waals surface area contributed by atoms with E-state index in [0.29, 0.717) is 11.7 Å². The normalized spacial score (nSPS) is 18.0. The SMILES string of the molecule is CC(C)(C)c1nc(C2CCCCC2)nc(N)c1I. The molecule has 3 nitrogen and oxygen atoms in total. The monoisotopic (exact) mass is 359 g/mol. The number of hydrogen-bond donors (Lipinski definition) is 1. The molecule has 0 saturated heterocycles. The summed E-state index contributed by atoms with van der Waals surface area (Å²) in [5.74, 6) is 2.13. The predicted octanol–water partition coefficient (Wildman–Crippen LogP) is 4.01. The highest BCUT2D eigenvalue weighted by Crippen LogP contribution is 2.34. The Bertz CT molecular complexity index is 431. The van der Waals surface area contributed by atoms with Crippen molar-refractivity contribution in [1.29, 1.82) is 0 Å². The number of nitrogens with two attached hydrogens (primary N) is 1. The van der Waals surface area contributed by atoms with Gasteiger partial charge in [0, 0.05) is 11.3 Å². The smallest absolute Gasteiger partial charge is 0.140 e. The molecule has 0 radical (unpaired) electrons. The van der Waals surface area contributed by atoms with Crippen LogP contribution in [0.3, 0.4) is 0 Å². The largest absolute Gasteiger partial charge is 0.383 e. The summed E-state index contributed by atoms with van der Waals surface area (Å²) in [7, 11) is 0. The molecule has 1 aliphatic carbocycles. The van der Waals surface area contributed by atoms with Gasteiger partial charge < -0.3 is 5.73 Å². The third-order valence-corrected chi connectivity index (χ3v) is 4.64. The molecule has 1 aromatic rings. The van der Waals surface area contributed by atoms with Crippen LogP contribution in [0.15, 0.2) is 0 Å². The molecule has 0 aliphatic heterocycles. The van der Waals surface area contributed by atoms with Gasteiger partial charge in [-0.2, -0.15) is 0 Å². The molecule has 1 fully saturated rings. The van der Waals surface area contributed by atoms with Crippen LogP contribution in [-0.4, -0.2) is 9.97 Å². The highest BCUT2D eigenvalue weighted by molar-refractivity contribution is 14.1. The van der Waals surface area contributed by atoms with Gasteiger partial charge >= 0.3 is 0 Å². The number of halogens is 1. The van der Waals surface area contributed by atoms with Gasteiger partial charge in [-0.1, -0.05) is 40.0 Å². The van der Waals surface area contributed by atoms with Crippen molar-refractivity contribution < 1.29 is 0 Å². The predicted molar refractivity (Wildman–Crippen MR) is 83.7 cm³/mol. The fourth-order valence-corrected chi connectivity index (χ4v) is 3.57. The molecular formula is C14H22IN3. The first-order valence-electron chi connectivity index (χ1n) is 6.73. The Balaban J connectivity index is 2.40. The highest BCUT2D eigenvalue weighted by Gasteiger charge is 2.25. The van der Waals surface area contributed by atoms with Crippen LogP contribution < -0.4 is 5.73 Å². The quantitative estimate of drug-likeness (QED) is 0.771. The van der Waals surface area contributed by atoms with Crippen molar-refractivity contribution in [3.05, 3.63) is 15.1 Å². The summed E-state index contributed by atoms with van der Waals surface area (Å²) in [5, 5.41) is 0. The van der Waals surface area contributed by atoms with E-state index in [2.05, 4.69) is 48.3 Å². The Labute approximate surface area is 123 Å². The molecular weight excluding hydrogens is 337 g/mol. The number of aromatic nitrogens is 2. The first kappa shape index (κ1) is 14.0. The zero-order chi connectivity index (χ0) is 13.3. The molecule has 0 unspecified atom stereocenters. The third-order valence-electron chi connectivity index (χ3n) is 3.57. The molecule has 2 rings (SSSR count). The van der Waals surface area contributed by atoms with Crippen molar-refractivity contribution in [3.63, 3.8) is 0 Å². The fourth-order valence-electron chi connectivity index (χ4n) is 2.52. The zero-order valence-electron chi connectivity index (χ0n) is 11.5. The Morgan fingerprint density at radius 3 is 2.28 bits per heavy atom. The first-order valence-corrected chi connectivity index (χ1v) is 7.81. The Kier molecular flexibility index (Phi) is 4.14. The summed E-state index contributed by atoms with van der Waals surface area (Å²) in [5.41, 5.74) is 7.18. The summed E-state index contributed by atoms with van der Waals surface area (Å²) in [6.07, 6.45) is 6.37. The molecule has 0 atom stereocenters. The van der Waals surface area contributed by atoms with Gasteiger partial charge in [-0.05, 0) is 35.4 Å². The molecule has 18 heavy (non-hydrogen) atoms. The summed E-state index contributed by atoms with van der Waals surface area (Å²) in [4.78, 5) is 9.36. The van der Waals surface area contributed by atoms with E-state index in [9.17, 15) is 0 Å². The van der Waals surface area contributed by atoms with Crippen LogP contribution in [0.2, 0.25) is 0 Å². The van der Waals surface area contributed by atoms with E-state index < -0.39 is 0 Å². The van der Waals surface area contributed by atoms with Gasteiger partial charge in [0.05, 0.1) is 9.26 Å². The van der Waals surface area contributed by atoms with E-state index in [-0.39, 0.29) is 5.41 Å². The fraction of sp³-hybridized carbons (Fsp3) is 0.714. The molecule has 0 aromatic carbocycles. The lowest BCUT2D eigenvalue weighted by molar-refractivity contribution is 0.424. The van der Waals surface area contributed by atoms with Crippen LogP contribution in [0.5, 0.6) is 0 Å². The van der Waals surface area contributed by atoms with Crippen molar-refractivity contribution >= 4 is 28.4 Å². The van der Waals surface area contributed by atoms with Crippen LogP contribution in [0.1, 0.15) is 70.3 Å². The Hall–Kier alpha value is -0.390. The second-order valence-electron chi connectivity index (χ2n) is 6.21. The maximum absolute atomic E-state index is 6.07. The molecule has 100 valence electrons. The topological polar surface area (TPSA) is 51.8 Å². The van der Waals surface area contributed by atoms with Crippen LogP contribution >= 0.6 is 22.6 Å². The van der Waals surface area contributed by atoms with Gasteiger partial charge in [0.1, 0.15) is 11.6 Å². The van der Waals surface area contributed by atoms with Gasteiger partial charge in [0.2, 0.25) is 0 Å². The van der Waals surface area contributed by atoms with Crippen LogP contribution in [-0.2, 0) is 5.41 Å². The number of rotatable bonds is 1. The molecule has 1 saturated carbocycles. The summed E-state index contributed by atoms with van der Waals surface area (Å²) >= 11 is 2.27. The minimum Gasteiger partial charge on any atom is -0.383 e. The van der Waals surface area contributed by atoms with E-state index >= 15 is 0 Å². The molecule has 1 aromatic heterocycles. The van der Waals surface area contributed by atoms with Gasteiger partial charge in [-0.25, -0.2) is 9.97 Å². The molecule has 0 amide bonds. The molecule has 0 bridgehead atoms. The summed E-state index contributed by atoms with van der Waals surface area (Å²) < 4.78 is 1.01. The standard InChI is InChI=1S/C14H22IN3/c1-14(2,3)11-10(15)12(16)18-13(17-11)9-7-5-4-6-8-9/h9H,4-8H2,1-3H3,(H2,16,17,18). The maximum Gasteiger partial charge on any atom is 0.140 e. The maximum atomic E-state index is 6.07. The van der Waals surface area contributed by atoms with Crippen LogP contribution in [0.25, 0.3) is 0 Å². The Morgan fingerprint density at radius 2 is 1.72 bits per heavy atom. The molecule has 0 spiro atoms. The van der Waals surface area contributed by atoms with E-state index in [1.807, 2.05) is 0 Å². The highest BCUT2D eigenvalue weighted by atomic mass is 127. The Morgan fingerprint density at radius 1 is 1.11 bits per heavy atom. The summed E-state index contributed by atoms with van der Waals surface area (Å²) in [6.45, 7) is 6.55. The van der Waals surface area contributed by atoms with E-state index in [0.717, 1.165) is 15.1 Å². The second kappa shape index (κ2) is 5.31. The molecule has 1 heterocycles. The molecule has 4 heteroatoms. The van der Waals surface area contributed by atoms with Crippen molar-refractivity contribution in [1.82, 2.24) is 9.97 Å². The van der Waals surface area contributed by atoms with E-state index in [1.54, 1.807) is 0 Å². The number of hydrogen-bond acceptors (Lipinski definition) is 3. The third kappa shape index (κ3) is 2.95. The summed E-state index contributed by atoms with van der Waals surface area (Å²) in [6, 6.07) is 0. The molecule has 1 aliphatic rings. The second-order valence-corrected chi connectivity index (χ2v) is 7.29. The lowest BCUT2D eigenvalue weighted by atomic mass is 9.87. The number of nitrogens with zero attached hydrogens (tertiary/aromatic N) is 2. The van der Waals surface area contributed by atoms with Crippen molar-refractivity contribution in [2.75, 3.05) is 5.73 Å². The first-order chi connectivity index (χ1) is 8.39. The van der Waals surface area contributed by atoms with Crippen molar-refractivity contribution in [3.8, 4) is 0 Å². The minimum atomic E-state index is 0.0248. The van der Waals surface area contributed by atoms with Crippen molar-refractivity contribution in [2.45, 2.75) is 64.2 Å². The van der Waals surface area contributed by atoms with E-state index in [1.165, 1.54) is 32.1 Å². The number of nitrogen functional groups attached to an aromatic ring is 1. The van der Waals surface area contributed by atoms with E-state index in [4.69, 9.17) is 10.7 Å². The lowest BCUT2D eigenvalue weighted by Crippen LogP contribution is -2.21. The van der Waals surface area contributed by atoms with Gasteiger partial charge in [0.15, 0.2) is 0 Å². The molecule has 2 N–H and O–H groups in total. The van der Waals surface area contributed by atoms with Gasteiger partial charge in [-0.15, -0.1) is 0 Å².